The fraction of sp³-hybridized carbons (Fsp3) is 0.172. The van der Waals surface area contributed by atoms with Crippen LogP contribution >= 0.6 is 0 Å². The molecule has 5 rings (SSSR count). The molecule has 0 bridgehead atoms. The summed E-state index contributed by atoms with van der Waals surface area (Å²) in [5.41, 5.74) is 4.44. The Balaban J connectivity index is 1.53. The zero-order valence-corrected chi connectivity index (χ0v) is 20.3. The maximum atomic E-state index is 13.5. The van der Waals surface area contributed by atoms with E-state index >= 15 is 0 Å². The first-order chi connectivity index (χ1) is 16.8. The summed E-state index contributed by atoms with van der Waals surface area (Å²) < 4.78 is 42.9. The van der Waals surface area contributed by atoms with Gasteiger partial charge in [-0.15, -0.1) is 0 Å². The van der Waals surface area contributed by atoms with Crippen molar-refractivity contribution in [3.8, 4) is 11.1 Å². The normalized spacial score (nSPS) is 17.7. The Bertz CT molecular complexity index is 1430. The molecule has 0 aliphatic carbocycles. The number of nitrogens with zero attached hydrogens (tertiary/aromatic N) is 1. The van der Waals surface area contributed by atoms with E-state index in [1.807, 2.05) is 31.2 Å². The van der Waals surface area contributed by atoms with Crippen molar-refractivity contribution in [2.75, 3.05) is 11.4 Å². The predicted octanol–water partition coefficient (Wildman–Crippen LogP) is 5.79. The van der Waals surface area contributed by atoms with Gasteiger partial charge in [0.1, 0.15) is 5.82 Å². The van der Waals surface area contributed by atoms with Gasteiger partial charge in [-0.1, -0.05) is 66.7 Å². The largest absolute Gasteiger partial charge is 0.365 e. The van der Waals surface area contributed by atoms with Crippen molar-refractivity contribution >= 4 is 15.7 Å². The Morgan fingerprint density at radius 3 is 2.17 bits per heavy atom. The van der Waals surface area contributed by atoms with Crippen molar-refractivity contribution in [1.82, 2.24) is 4.72 Å². The standard InChI is InChI=1S/C29H27FN2O2S/c1-29(31-35(33,34)27-10-6-3-7-11-27)19-25-18-24(23-12-15-26(30)16-13-23)14-17-28(25)32(21-29)20-22-8-4-2-5-9-22/h2-18,31H,19-21H2,1H3. The molecule has 0 radical (unpaired) electrons. The molecular weight excluding hydrogens is 459 g/mol. The highest BCUT2D eigenvalue weighted by Gasteiger charge is 2.37. The van der Waals surface area contributed by atoms with Gasteiger partial charge in [0.15, 0.2) is 0 Å². The summed E-state index contributed by atoms with van der Waals surface area (Å²) in [5, 5.41) is 0. The molecule has 0 fully saturated rings. The molecule has 4 aromatic rings. The Morgan fingerprint density at radius 2 is 1.49 bits per heavy atom. The van der Waals surface area contributed by atoms with Gasteiger partial charge in [0.25, 0.3) is 0 Å². The van der Waals surface area contributed by atoms with Gasteiger partial charge in [-0.05, 0) is 72.0 Å². The van der Waals surface area contributed by atoms with Crippen molar-refractivity contribution in [1.29, 1.82) is 0 Å². The van der Waals surface area contributed by atoms with Crippen molar-refractivity contribution in [2.45, 2.75) is 30.3 Å². The fourth-order valence-corrected chi connectivity index (χ4v) is 6.26. The Labute approximate surface area is 206 Å². The van der Waals surface area contributed by atoms with Gasteiger partial charge in [0.05, 0.1) is 10.4 Å². The molecule has 1 atom stereocenters. The number of benzene rings is 4. The lowest BCUT2D eigenvalue weighted by Gasteiger charge is -2.43. The molecule has 0 saturated heterocycles. The van der Waals surface area contributed by atoms with Crippen LogP contribution in [0.3, 0.4) is 0 Å². The summed E-state index contributed by atoms with van der Waals surface area (Å²) in [6, 6.07) is 31.3. The molecule has 4 nitrogen and oxygen atoms in total. The smallest absolute Gasteiger partial charge is 0.241 e. The molecule has 4 aromatic carbocycles. The van der Waals surface area contributed by atoms with Crippen LogP contribution in [0.25, 0.3) is 11.1 Å². The van der Waals surface area contributed by atoms with Gasteiger partial charge < -0.3 is 4.90 Å². The van der Waals surface area contributed by atoms with Crippen molar-refractivity contribution in [2.24, 2.45) is 0 Å². The number of rotatable bonds is 6. The first kappa shape index (κ1) is 23.3. The van der Waals surface area contributed by atoms with Crippen LogP contribution in [0.1, 0.15) is 18.1 Å². The Kier molecular flexibility index (Phi) is 6.17. The zero-order valence-electron chi connectivity index (χ0n) is 19.5. The second kappa shape index (κ2) is 9.29. The van der Waals surface area contributed by atoms with Gasteiger partial charge in [-0.3, -0.25) is 0 Å². The number of hydrogen-bond donors (Lipinski definition) is 1. The minimum Gasteiger partial charge on any atom is -0.365 e. The molecule has 1 heterocycles. The van der Waals surface area contributed by atoms with Crippen LogP contribution in [-0.2, 0) is 23.0 Å². The molecule has 1 N–H and O–H groups in total. The van der Waals surface area contributed by atoms with E-state index < -0.39 is 15.6 Å². The van der Waals surface area contributed by atoms with Crippen LogP contribution in [0, 0.1) is 5.82 Å². The van der Waals surface area contributed by atoms with Gasteiger partial charge in [0, 0.05) is 18.8 Å². The van der Waals surface area contributed by atoms with E-state index in [0.29, 0.717) is 19.5 Å². The van der Waals surface area contributed by atoms with Crippen molar-refractivity contribution < 1.29 is 12.8 Å². The Morgan fingerprint density at radius 1 is 0.857 bits per heavy atom. The number of nitrogens with one attached hydrogen (secondary N) is 1. The molecule has 178 valence electrons. The second-order valence-corrected chi connectivity index (χ2v) is 11.0. The van der Waals surface area contributed by atoms with Crippen LogP contribution in [0.15, 0.2) is 108 Å². The number of sulfonamides is 1. The van der Waals surface area contributed by atoms with Crippen LogP contribution in [0.5, 0.6) is 0 Å². The first-order valence-electron chi connectivity index (χ1n) is 11.6. The summed E-state index contributed by atoms with van der Waals surface area (Å²) in [7, 11) is -3.70. The van der Waals surface area contributed by atoms with E-state index in [1.165, 1.54) is 12.1 Å². The van der Waals surface area contributed by atoms with Crippen molar-refractivity contribution in [3.63, 3.8) is 0 Å². The monoisotopic (exact) mass is 486 g/mol. The molecule has 1 unspecified atom stereocenters. The third-order valence-electron chi connectivity index (χ3n) is 6.37. The molecule has 1 aliphatic heterocycles. The van der Waals surface area contributed by atoms with E-state index in [1.54, 1.807) is 42.5 Å². The highest BCUT2D eigenvalue weighted by molar-refractivity contribution is 7.89. The molecule has 6 heteroatoms. The minimum atomic E-state index is -3.70. The van der Waals surface area contributed by atoms with Gasteiger partial charge in [-0.25, -0.2) is 17.5 Å². The van der Waals surface area contributed by atoms with E-state index in [2.05, 4.69) is 33.9 Å². The quantitative estimate of drug-likeness (QED) is 0.375. The van der Waals surface area contributed by atoms with E-state index in [0.717, 1.165) is 27.9 Å². The molecule has 35 heavy (non-hydrogen) atoms. The maximum absolute atomic E-state index is 13.5. The van der Waals surface area contributed by atoms with E-state index in [9.17, 15) is 12.8 Å². The summed E-state index contributed by atoms with van der Waals surface area (Å²) in [6.45, 7) is 3.14. The highest BCUT2D eigenvalue weighted by Crippen LogP contribution is 2.36. The number of anilines is 1. The molecular formula is C29H27FN2O2S. The summed E-state index contributed by atoms with van der Waals surface area (Å²) in [4.78, 5) is 2.48. The van der Waals surface area contributed by atoms with E-state index in [4.69, 9.17) is 0 Å². The third-order valence-corrected chi connectivity index (χ3v) is 8.02. The average molecular weight is 487 g/mol. The van der Waals surface area contributed by atoms with Gasteiger partial charge in [-0.2, -0.15) is 0 Å². The SMILES string of the molecule is CC1(NS(=O)(=O)c2ccccc2)Cc2cc(-c3ccc(F)cc3)ccc2N(Cc2ccccc2)C1. The average Bonchev–Trinajstić information content (AvgIpc) is 2.84. The predicted molar refractivity (Wildman–Crippen MR) is 138 cm³/mol. The number of hydrogen-bond acceptors (Lipinski definition) is 3. The Hall–Kier alpha value is -3.48. The third kappa shape index (κ3) is 5.14. The van der Waals surface area contributed by atoms with Crippen LogP contribution in [-0.4, -0.2) is 20.5 Å². The van der Waals surface area contributed by atoms with Crippen LogP contribution in [0.4, 0.5) is 10.1 Å². The number of halogens is 1. The minimum absolute atomic E-state index is 0.252. The molecule has 1 aliphatic rings. The lowest BCUT2D eigenvalue weighted by Crippen LogP contribution is -2.57. The lowest BCUT2D eigenvalue weighted by molar-refractivity contribution is 0.393. The lowest BCUT2D eigenvalue weighted by atomic mass is 9.86. The van der Waals surface area contributed by atoms with Gasteiger partial charge >= 0.3 is 0 Å². The summed E-state index contributed by atoms with van der Waals surface area (Å²) in [6.07, 6.45) is 0.536. The second-order valence-electron chi connectivity index (χ2n) is 9.35. The van der Waals surface area contributed by atoms with Crippen LogP contribution in [0.2, 0.25) is 0 Å². The van der Waals surface area contributed by atoms with Crippen molar-refractivity contribution in [3.05, 3.63) is 120 Å². The molecule has 0 spiro atoms. The highest BCUT2D eigenvalue weighted by atomic mass is 32.2. The molecule has 0 saturated carbocycles. The zero-order chi connectivity index (χ0) is 24.5. The molecule has 0 amide bonds. The summed E-state index contributed by atoms with van der Waals surface area (Å²) in [5.74, 6) is -0.274. The fourth-order valence-electron chi connectivity index (χ4n) is 4.84. The van der Waals surface area contributed by atoms with Gasteiger partial charge in [0.2, 0.25) is 10.0 Å². The number of fused-ring (bicyclic) bond motifs is 1. The summed E-state index contributed by atoms with van der Waals surface area (Å²) >= 11 is 0. The molecule has 0 aromatic heterocycles. The maximum Gasteiger partial charge on any atom is 0.241 e. The van der Waals surface area contributed by atoms with Crippen LogP contribution < -0.4 is 9.62 Å². The first-order valence-corrected chi connectivity index (χ1v) is 13.1. The van der Waals surface area contributed by atoms with E-state index in [-0.39, 0.29) is 10.7 Å². The topological polar surface area (TPSA) is 49.4 Å².